The number of esters is 1. The van der Waals surface area contributed by atoms with E-state index < -0.39 is 11.9 Å². The molecule has 0 saturated carbocycles. The van der Waals surface area contributed by atoms with E-state index in [1.807, 2.05) is 32.0 Å². The average molecular weight is 263 g/mol. The number of hydrogen-bond donors (Lipinski definition) is 1. The highest BCUT2D eigenvalue weighted by molar-refractivity contribution is 6.04. The highest BCUT2D eigenvalue weighted by Crippen LogP contribution is 2.16. The molecule has 1 amide bonds. The molecule has 0 aliphatic rings. The highest BCUT2D eigenvalue weighted by Gasteiger charge is 2.28. The van der Waals surface area contributed by atoms with Crippen molar-refractivity contribution in [1.29, 1.82) is 0 Å². The van der Waals surface area contributed by atoms with E-state index in [0.29, 0.717) is 12.1 Å². The third-order valence-electron chi connectivity index (χ3n) is 2.64. The fourth-order valence-corrected chi connectivity index (χ4v) is 1.78. The SMILES string of the molecule is CCOC(=O)C(CC(C)C)C(=O)Nc1ccccc1. The van der Waals surface area contributed by atoms with E-state index in [0.717, 1.165) is 0 Å². The van der Waals surface area contributed by atoms with Crippen LogP contribution < -0.4 is 5.32 Å². The fraction of sp³-hybridized carbons (Fsp3) is 0.467. The molecule has 1 unspecified atom stereocenters. The topological polar surface area (TPSA) is 55.4 Å². The molecule has 104 valence electrons. The third kappa shape index (κ3) is 5.12. The van der Waals surface area contributed by atoms with Gasteiger partial charge in [0.2, 0.25) is 5.91 Å². The van der Waals surface area contributed by atoms with Crippen LogP contribution in [0.15, 0.2) is 30.3 Å². The minimum atomic E-state index is -0.750. The van der Waals surface area contributed by atoms with Gasteiger partial charge in [0.15, 0.2) is 0 Å². The van der Waals surface area contributed by atoms with E-state index in [1.54, 1.807) is 19.1 Å². The van der Waals surface area contributed by atoms with Crippen molar-refractivity contribution in [3.8, 4) is 0 Å². The lowest BCUT2D eigenvalue weighted by atomic mass is 9.96. The van der Waals surface area contributed by atoms with Crippen LogP contribution in [0.4, 0.5) is 5.69 Å². The van der Waals surface area contributed by atoms with Gasteiger partial charge in [0.05, 0.1) is 6.61 Å². The summed E-state index contributed by atoms with van der Waals surface area (Å²) in [6.45, 7) is 5.97. The second-order valence-electron chi connectivity index (χ2n) is 4.79. The first-order chi connectivity index (χ1) is 9.04. The van der Waals surface area contributed by atoms with Gasteiger partial charge < -0.3 is 10.1 Å². The van der Waals surface area contributed by atoms with E-state index in [1.165, 1.54) is 0 Å². The molecule has 19 heavy (non-hydrogen) atoms. The average Bonchev–Trinajstić information content (AvgIpc) is 2.37. The lowest BCUT2D eigenvalue weighted by molar-refractivity contribution is -0.151. The van der Waals surface area contributed by atoms with Gasteiger partial charge in [-0.3, -0.25) is 9.59 Å². The molecule has 4 heteroatoms. The Morgan fingerprint density at radius 2 is 1.84 bits per heavy atom. The van der Waals surface area contributed by atoms with Crippen molar-refractivity contribution in [3.63, 3.8) is 0 Å². The maximum Gasteiger partial charge on any atom is 0.318 e. The normalized spacial score (nSPS) is 12.0. The van der Waals surface area contributed by atoms with Gasteiger partial charge in [0, 0.05) is 5.69 Å². The van der Waals surface area contributed by atoms with Gasteiger partial charge in [-0.2, -0.15) is 0 Å². The van der Waals surface area contributed by atoms with Crippen LogP contribution >= 0.6 is 0 Å². The molecule has 0 fully saturated rings. The van der Waals surface area contributed by atoms with Gasteiger partial charge in [-0.05, 0) is 31.4 Å². The van der Waals surface area contributed by atoms with Gasteiger partial charge >= 0.3 is 5.97 Å². The molecule has 1 aromatic carbocycles. The molecule has 0 spiro atoms. The van der Waals surface area contributed by atoms with Crippen LogP contribution in [0.3, 0.4) is 0 Å². The summed E-state index contributed by atoms with van der Waals surface area (Å²) >= 11 is 0. The summed E-state index contributed by atoms with van der Waals surface area (Å²) in [5, 5.41) is 2.75. The van der Waals surface area contributed by atoms with E-state index >= 15 is 0 Å². The Kier molecular flexibility index (Phi) is 6.06. The van der Waals surface area contributed by atoms with E-state index in [2.05, 4.69) is 5.32 Å². The molecule has 1 atom stereocenters. The first-order valence-corrected chi connectivity index (χ1v) is 6.57. The van der Waals surface area contributed by atoms with Crippen LogP contribution in [-0.4, -0.2) is 18.5 Å². The second kappa shape index (κ2) is 7.56. The molecule has 0 aromatic heterocycles. The Morgan fingerprint density at radius 1 is 1.21 bits per heavy atom. The number of nitrogens with one attached hydrogen (secondary N) is 1. The first kappa shape index (κ1) is 15.2. The number of carbonyl (C=O) groups excluding carboxylic acids is 2. The lowest BCUT2D eigenvalue weighted by Gasteiger charge is -2.17. The number of hydrogen-bond acceptors (Lipinski definition) is 3. The zero-order chi connectivity index (χ0) is 14.3. The van der Waals surface area contributed by atoms with Crippen LogP contribution in [0.1, 0.15) is 27.2 Å². The summed E-state index contributed by atoms with van der Waals surface area (Å²) in [7, 11) is 0. The number of amides is 1. The molecule has 0 bridgehead atoms. The predicted molar refractivity (Wildman–Crippen MR) is 74.6 cm³/mol. The second-order valence-corrected chi connectivity index (χ2v) is 4.79. The summed E-state index contributed by atoms with van der Waals surface area (Å²) in [6.07, 6.45) is 0.484. The quantitative estimate of drug-likeness (QED) is 0.634. The van der Waals surface area contributed by atoms with Gasteiger partial charge in [-0.1, -0.05) is 32.0 Å². The molecular formula is C15H21NO3. The zero-order valence-electron chi connectivity index (χ0n) is 11.7. The largest absolute Gasteiger partial charge is 0.465 e. The van der Waals surface area contributed by atoms with Crippen molar-refractivity contribution < 1.29 is 14.3 Å². The van der Waals surface area contributed by atoms with Crippen LogP contribution in [0.5, 0.6) is 0 Å². The Bertz CT molecular complexity index is 415. The van der Waals surface area contributed by atoms with Crippen molar-refractivity contribution >= 4 is 17.6 Å². The fourth-order valence-electron chi connectivity index (χ4n) is 1.78. The Balaban J connectivity index is 2.73. The molecule has 0 saturated heterocycles. The highest BCUT2D eigenvalue weighted by atomic mass is 16.5. The lowest BCUT2D eigenvalue weighted by Crippen LogP contribution is -2.32. The summed E-state index contributed by atoms with van der Waals surface area (Å²) in [5.74, 6) is -1.26. The maximum absolute atomic E-state index is 12.2. The predicted octanol–water partition coefficient (Wildman–Crippen LogP) is 2.85. The molecule has 0 heterocycles. The van der Waals surface area contributed by atoms with Crippen molar-refractivity contribution in [2.75, 3.05) is 11.9 Å². The summed E-state index contributed by atoms with van der Waals surface area (Å²) in [4.78, 5) is 24.0. The summed E-state index contributed by atoms with van der Waals surface area (Å²) in [5.41, 5.74) is 0.686. The standard InChI is InChI=1S/C15H21NO3/c1-4-19-15(18)13(10-11(2)3)14(17)16-12-8-6-5-7-9-12/h5-9,11,13H,4,10H2,1-3H3,(H,16,17). The van der Waals surface area contributed by atoms with Crippen LogP contribution in [-0.2, 0) is 14.3 Å². The van der Waals surface area contributed by atoms with Crippen molar-refractivity contribution in [2.24, 2.45) is 11.8 Å². The van der Waals surface area contributed by atoms with Crippen LogP contribution in [0, 0.1) is 11.8 Å². The van der Waals surface area contributed by atoms with Gasteiger partial charge in [0.1, 0.15) is 5.92 Å². The molecule has 0 aliphatic heterocycles. The third-order valence-corrected chi connectivity index (χ3v) is 2.64. The molecule has 1 N–H and O–H groups in total. The molecule has 1 rings (SSSR count). The molecule has 0 aliphatic carbocycles. The van der Waals surface area contributed by atoms with E-state index in [4.69, 9.17) is 4.74 Å². The first-order valence-electron chi connectivity index (χ1n) is 6.57. The summed E-state index contributed by atoms with van der Waals surface area (Å²) < 4.78 is 4.96. The number of para-hydroxylation sites is 1. The van der Waals surface area contributed by atoms with Crippen LogP contribution in [0.25, 0.3) is 0 Å². The van der Waals surface area contributed by atoms with Crippen molar-refractivity contribution in [1.82, 2.24) is 0 Å². The minimum absolute atomic E-state index is 0.246. The molecular weight excluding hydrogens is 242 g/mol. The van der Waals surface area contributed by atoms with Crippen molar-refractivity contribution in [3.05, 3.63) is 30.3 Å². The maximum atomic E-state index is 12.2. The van der Waals surface area contributed by atoms with Crippen molar-refractivity contribution in [2.45, 2.75) is 27.2 Å². The molecule has 0 radical (unpaired) electrons. The Morgan fingerprint density at radius 3 is 2.37 bits per heavy atom. The van der Waals surface area contributed by atoms with Gasteiger partial charge in [0.25, 0.3) is 0 Å². The van der Waals surface area contributed by atoms with Crippen LogP contribution in [0.2, 0.25) is 0 Å². The summed E-state index contributed by atoms with van der Waals surface area (Å²) in [6, 6.07) is 9.10. The van der Waals surface area contributed by atoms with Gasteiger partial charge in [-0.15, -0.1) is 0 Å². The molecule has 1 aromatic rings. The van der Waals surface area contributed by atoms with E-state index in [-0.39, 0.29) is 18.4 Å². The zero-order valence-corrected chi connectivity index (χ0v) is 11.7. The minimum Gasteiger partial charge on any atom is -0.465 e. The van der Waals surface area contributed by atoms with Gasteiger partial charge in [-0.25, -0.2) is 0 Å². The number of anilines is 1. The molecule has 4 nitrogen and oxygen atoms in total. The van der Waals surface area contributed by atoms with E-state index in [9.17, 15) is 9.59 Å². The monoisotopic (exact) mass is 263 g/mol. The number of rotatable bonds is 6. The smallest absolute Gasteiger partial charge is 0.318 e. The number of carbonyl (C=O) groups is 2. The number of benzene rings is 1. The Hall–Kier alpha value is -1.84. The number of ether oxygens (including phenoxy) is 1. The Labute approximate surface area is 114 Å².